The highest BCUT2D eigenvalue weighted by Gasteiger charge is 2.57. The topological polar surface area (TPSA) is 38.3 Å². The molecule has 1 N–H and O–H groups in total. The van der Waals surface area contributed by atoms with Gasteiger partial charge in [0.2, 0.25) is 5.91 Å². The summed E-state index contributed by atoms with van der Waals surface area (Å²) < 4.78 is 5.76. The maximum atomic E-state index is 12.6. The molecule has 3 aliphatic rings. The van der Waals surface area contributed by atoms with Crippen molar-refractivity contribution < 1.29 is 9.53 Å². The van der Waals surface area contributed by atoms with Crippen LogP contribution < -0.4 is 10.1 Å². The number of amides is 1. The van der Waals surface area contributed by atoms with E-state index in [1.54, 1.807) is 0 Å². The van der Waals surface area contributed by atoms with Gasteiger partial charge in [0.1, 0.15) is 5.75 Å². The molecular weight excluding hydrogens is 274 g/mol. The minimum Gasteiger partial charge on any atom is -0.493 e. The van der Waals surface area contributed by atoms with Crippen LogP contribution in [0.15, 0.2) is 24.3 Å². The summed E-state index contributed by atoms with van der Waals surface area (Å²) >= 11 is 0. The Morgan fingerprint density at radius 2 is 1.91 bits per heavy atom. The summed E-state index contributed by atoms with van der Waals surface area (Å²) in [5.74, 6) is 3.23. The van der Waals surface area contributed by atoms with E-state index in [0.717, 1.165) is 18.8 Å². The predicted octanol–water partition coefficient (Wildman–Crippen LogP) is 3.49. The van der Waals surface area contributed by atoms with Crippen LogP contribution >= 0.6 is 0 Å². The second-order valence-electron chi connectivity index (χ2n) is 7.72. The Labute approximate surface area is 132 Å². The molecule has 1 aliphatic heterocycles. The zero-order valence-electron chi connectivity index (χ0n) is 13.5. The molecule has 118 valence electrons. The number of nitrogens with one attached hydrogen (secondary N) is 1. The summed E-state index contributed by atoms with van der Waals surface area (Å²) in [5.41, 5.74) is 1.00. The smallest absolute Gasteiger partial charge is 0.224 e. The summed E-state index contributed by atoms with van der Waals surface area (Å²) in [6, 6.07) is 8.24. The SMILES string of the molecule is CC(C)(NC(=O)C1[C@H]2CCC[C@@H]12)C1CCOc2ccccc21. The number of carbonyl (C=O) groups is 1. The number of fused-ring (bicyclic) bond motifs is 2. The second kappa shape index (κ2) is 5.00. The van der Waals surface area contributed by atoms with Gasteiger partial charge in [0.25, 0.3) is 0 Å². The largest absolute Gasteiger partial charge is 0.493 e. The van der Waals surface area contributed by atoms with E-state index in [1.165, 1.54) is 24.8 Å². The molecular formula is C19H25NO2. The third-order valence-electron chi connectivity index (χ3n) is 5.98. The van der Waals surface area contributed by atoms with Gasteiger partial charge in [0.05, 0.1) is 6.61 Å². The molecule has 4 rings (SSSR count). The first-order chi connectivity index (χ1) is 10.6. The third kappa shape index (κ3) is 2.22. The van der Waals surface area contributed by atoms with Crippen molar-refractivity contribution in [1.29, 1.82) is 0 Å². The van der Waals surface area contributed by atoms with Crippen molar-refractivity contribution in [1.82, 2.24) is 5.32 Å². The number of rotatable bonds is 3. The second-order valence-corrected chi connectivity index (χ2v) is 7.72. The molecule has 1 aromatic rings. The van der Waals surface area contributed by atoms with Crippen LogP contribution in [0.2, 0.25) is 0 Å². The van der Waals surface area contributed by atoms with Crippen LogP contribution in [0.5, 0.6) is 5.75 Å². The summed E-state index contributed by atoms with van der Waals surface area (Å²) in [7, 11) is 0. The molecule has 0 radical (unpaired) electrons. The van der Waals surface area contributed by atoms with Crippen molar-refractivity contribution in [3.05, 3.63) is 29.8 Å². The van der Waals surface area contributed by atoms with Gasteiger partial charge in [-0.3, -0.25) is 4.79 Å². The average Bonchev–Trinajstić information content (AvgIpc) is 3.00. The summed E-state index contributed by atoms with van der Waals surface area (Å²) in [5, 5.41) is 3.36. The van der Waals surface area contributed by atoms with Crippen molar-refractivity contribution in [3.8, 4) is 5.75 Å². The van der Waals surface area contributed by atoms with Crippen LogP contribution in [-0.2, 0) is 4.79 Å². The molecule has 0 spiro atoms. The van der Waals surface area contributed by atoms with Gasteiger partial charge < -0.3 is 10.1 Å². The fourth-order valence-electron chi connectivity index (χ4n) is 4.79. The van der Waals surface area contributed by atoms with E-state index in [-0.39, 0.29) is 11.4 Å². The number of benzene rings is 1. The molecule has 0 aromatic heterocycles. The minimum absolute atomic E-state index is 0.228. The number of carbonyl (C=O) groups excluding carboxylic acids is 1. The van der Waals surface area contributed by atoms with Crippen molar-refractivity contribution in [2.24, 2.45) is 17.8 Å². The van der Waals surface area contributed by atoms with E-state index in [4.69, 9.17) is 4.74 Å². The number of hydrogen-bond donors (Lipinski definition) is 1. The Morgan fingerprint density at radius 1 is 1.18 bits per heavy atom. The lowest BCUT2D eigenvalue weighted by atomic mass is 9.78. The van der Waals surface area contributed by atoms with Gasteiger partial charge in [-0.1, -0.05) is 24.6 Å². The molecule has 2 saturated carbocycles. The maximum absolute atomic E-state index is 12.6. The van der Waals surface area contributed by atoms with Gasteiger partial charge in [-0.05, 0) is 56.6 Å². The standard InChI is InChI=1S/C19H25NO2/c1-19(2,20-18(21)17-12-7-5-8-13(12)17)15-10-11-22-16-9-4-3-6-14(15)16/h3-4,6,9,12-13,15,17H,5,7-8,10-11H2,1-2H3,(H,20,21)/t12-,13+,15?,17?. The number of para-hydroxylation sites is 1. The van der Waals surface area contributed by atoms with Gasteiger partial charge in [-0.25, -0.2) is 0 Å². The Hall–Kier alpha value is -1.51. The number of hydrogen-bond acceptors (Lipinski definition) is 2. The van der Waals surface area contributed by atoms with Crippen LogP contribution in [0, 0.1) is 17.8 Å². The normalized spacial score (nSPS) is 32.6. The predicted molar refractivity (Wildman–Crippen MR) is 85.8 cm³/mol. The average molecular weight is 299 g/mol. The summed E-state index contributed by atoms with van der Waals surface area (Å²) in [4.78, 5) is 12.6. The molecule has 1 heterocycles. The molecule has 4 atom stereocenters. The summed E-state index contributed by atoms with van der Waals surface area (Å²) in [6.07, 6.45) is 4.78. The van der Waals surface area contributed by atoms with Crippen LogP contribution in [0.4, 0.5) is 0 Å². The molecule has 2 aliphatic carbocycles. The monoisotopic (exact) mass is 299 g/mol. The molecule has 0 saturated heterocycles. The van der Waals surface area contributed by atoms with Crippen LogP contribution in [-0.4, -0.2) is 18.1 Å². The van der Waals surface area contributed by atoms with Gasteiger partial charge in [0.15, 0.2) is 0 Å². The van der Waals surface area contributed by atoms with Crippen LogP contribution in [0.1, 0.15) is 51.0 Å². The zero-order valence-corrected chi connectivity index (χ0v) is 13.5. The van der Waals surface area contributed by atoms with Crippen molar-refractivity contribution in [3.63, 3.8) is 0 Å². The fourth-order valence-corrected chi connectivity index (χ4v) is 4.79. The van der Waals surface area contributed by atoms with Gasteiger partial charge in [0, 0.05) is 17.4 Å². The lowest BCUT2D eigenvalue weighted by Crippen LogP contribution is -2.50. The first-order valence-corrected chi connectivity index (χ1v) is 8.62. The molecule has 0 bridgehead atoms. The summed E-state index contributed by atoms with van der Waals surface area (Å²) in [6.45, 7) is 5.06. The number of ether oxygens (including phenoxy) is 1. The molecule has 3 nitrogen and oxygen atoms in total. The van der Waals surface area contributed by atoms with Crippen molar-refractivity contribution in [2.45, 2.75) is 51.0 Å². The van der Waals surface area contributed by atoms with E-state index >= 15 is 0 Å². The van der Waals surface area contributed by atoms with Gasteiger partial charge >= 0.3 is 0 Å². The van der Waals surface area contributed by atoms with E-state index in [9.17, 15) is 4.79 Å². The lowest BCUT2D eigenvalue weighted by molar-refractivity contribution is -0.125. The highest BCUT2D eigenvalue weighted by atomic mass is 16.5. The molecule has 2 fully saturated rings. The Morgan fingerprint density at radius 3 is 2.68 bits per heavy atom. The van der Waals surface area contributed by atoms with Gasteiger partial charge in [-0.15, -0.1) is 0 Å². The van der Waals surface area contributed by atoms with Crippen molar-refractivity contribution in [2.75, 3.05) is 6.61 Å². The minimum atomic E-state index is -0.228. The zero-order chi connectivity index (χ0) is 15.3. The molecule has 2 unspecified atom stereocenters. The first-order valence-electron chi connectivity index (χ1n) is 8.62. The fraction of sp³-hybridized carbons (Fsp3) is 0.632. The van der Waals surface area contributed by atoms with E-state index in [0.29, 0.717) is 23.7 Å². The molecule has 22 heavy (non-hydrogen) atoms. The van der Waals surface area contributed by atoms with Crippen molar-refractivity contribution >= 4 is 5.91 Å². The lowest BCUT2D eigenvalue weighted by Gasteiger charge is -2.39. The third-order valence-corrected chi connectivity index (χ3v) is 5.98. The molecule has 3 heteroatoms. The first kappa shape index (κ1) is 14.1. The molecule has 1 amide bonds. The van der Waals surface area contributed by atoms with Gasteiger partial charge in [-0.2, -0.15) is 0 Å². The Bertz CT molecular complexity index is 585. The van der Waals surface area contributed by atoms with Crippen LogP contribution in [0.3, 0.4) is 0 Å². The van der Waals surface area contributed by atoms with Crippen LogP contribution in [0.25, 0.3) is 0 Å². The van der Waals surface area contributed by atoms with E-state index in [2.05, 4.69) is 31.3 Å². The Kier molecular flexibility index (Phi) is 3.21. The highest BCUT2D eigenvalue weighted by molar-refractivity contribution is 5.83. The van der Waals surface area contributed by atoms with E-state index in [1.807, 2.05) is 12.1 Å². The Balaban J connectivity index is 1.50. The molecule has 1 aromatic carbocycles. The maximum Gasteiger partial charge on any atom is 0.224 e. The highest BCUT2D eigenvalue weighted by Crippen LogP contribution is 2.57. The quantitative estimate of drug-likeness (QED) is 0.928. The van der Waals surface area contributed by atoms with E-state index < -0.39 is 0 Å².